The average Bonchev–Trinajstić information content (AvgIpc) is 3.44. The molecular weight excluding hydrogens is 444 g/mol. The monoisotopic (exact) mass is 472 g/mol. The number of carbonyl (C=O) groups excluding carboxylic acids is 1. The molecule has 9 heteroatoms. The zero-order valence-corrected chi connectivity index (χ0v) is 19.1. The highest BCUT2D eigenvalue weighted by molar-refractivity contribution is 7.85. The Morgan fingerprint density at radius 2 is 1.91 bits per heavy atom. The molecule has 0 amide bonds. The number of ether oxygens (including phenoxy) is 1. The van der Waals surface area contributed by atoms with Gasteiger partial charge in [0.05, 0.1) is 13.0 Å². The second-order valence-corrected chi connectivity index (χ2v) is 9.72. The van der Waals surface area contributed by atoms with Crippen molar-refractivity contribution in [2.45, 2.75) is 25.3 Å². The van der Waals surface area contributed by atoms with Gasteiger partial charge in [0.25, 0.3) is 0 Å². The maximum absolute atomic E-state index is 12.7. The van der Waals surface area contributed by atoms with E-state index in [1.807, 2.05) is 36.4 Å². The van der Waals surface area contributed by atoms with E-state index in [4.69, 9.17) is 13.7 Å². The molecular formula is C24H28N2O6S. The molecule has 33 heavy (non-hydrogen) atoms. The number of para-hydroxylation sites is 1. The fourth-order valence-corrected chi connectivity index (χ4v) is 4.38. The Balaban J connectivity index is 1.42. The Morgan fingerprint density at radius 3 is 2.67 bits per heavy atom. The highest BCUT2D eigenvalue weighted by atomic mass is 32.2. The van der Waals surface area contributed by atoms with Crippen LogP contribution < -0.4 is 10.1 Å². The summed E-state index contributed by atoms with van der Waals surface area (Å²) in [7, 11) is -4.23. The van der Waals surface area contributed by atoms with E-state index >= 15 is 0 Å². The first-order valence-electron chi connectivity index (χ1n) is 11.0. The van der Waals surface area contributed by atoms with Gasteiger partial charge in [0.15, 0.2) is 5.78 Å². The van der Waals surface area contributed by atoms with Crippen LogP contribution >= 0.6 is 0 Å². The number of Topliss-reactive ketones (excluding diaryl/α,β-unsaturated/α-hetero) is 1. The van der Waals surface area contributed by atoms with Crippen LogP contribution in [0, 0.1) is 0 Å². The van der Waals surface area contributed by atoms with E-state index in [1.165, 1.54) is 0 Å². The third-order valence-electron chi connectivity index (χ3n) is 5.67. The first kappa shape index (κ1) is 23.4. The van der Waals surface area contributed by atoms with Crippen molar-refractivity contribution in [3.05, 3.63) is 65.9 Å². The van der Waals surface area contributed by atoms with Gasteiger partial charge < -0.3 is 19.4 Å². The quantitative estimate of drug-likeness (QED) is 0.410. The number of nitrogens with zero attached hydrogens (tertiary/aromatic N) is 1. The summed E-state index contributed by atoms with van der Waals surface area (Å²) in [5.41, 5.74) is 1.65. The van der Waals surface area contributed by atoms with Gasteiger partial charge in [0.1, 0.15) is 17.1 Å². The van der Waals surface area contributed by atoms with E-state index in [0.29, 0.717) is 11.5 Å². The van der Waals surface area contributed by atoms with Crippen LogP contribution in [-0.2, 0) is 21.3 Å². The molecule has 1 aromatic heterocycles. The van der Waals surface area contributed by atoms with E-state index in [2.05, 4.69) is 10.2 Å². The van der Waals surface area contributed by atoms with Crippen LogP contribution in [0.15, 0.2) is 59.0 Å². The van der Waals surface area contributed by atoms with Gasteiger partial charge in [-0.3, -0.25) is 9.35 Å². The largest absolute Gasteiger partial charge is 0.475 e. The summed E-state index contributed by atoms with van der Waals surface area (Å²) in [6, 6.07) is 16.5. The maximum Gasteiger partial charge on any atom is 0.300 e. The number of hydrogen-bond donors (Lipinski definition) is 2. The summed E-state index contributed by atoms with van der Waals surface area (Å²) >= 11 is 0. The minimum atomic E-state index is -4.23. The van der Waals surface area contributed by atoms with Crippen LogP contribution in [0.5, 0.6) is 5.75 Å². The van der Waals surface area contributed by atoms with Gasteiger partial charge in [0, 0.05) is 18.0 Å². The minimum absolute atomic E-state index is 0.0132. The average molecular weight is 473 g/mol. The van der Waals surface area contributed by atoms with Crippen LogP contribution in [0.3, 0.4) is 0 Å². The molecule has 1 aliphatic heterocycles. The summed E-state index contributed by atoms with van der Waals surface area (Å²) in [5, 5.41) is 4.33. The number of likely N-dealkylation sites (tertiary alicyclic amines) is 1. The molecule has 8 nitrogen and oxygen atoms in total. The zero-order chi connectivity index (χ0) is 23.3. The summed E-state index contributed by atoms with van der Waals surface area (Å²) in [4.78, 5) is 15.0. The van der Waals surface area contributed by atoms with Crippen molar-refractivity contribution in [1.29, 1.82) is 0 Å². The number of benzene rings is 2. The molecule has 1 aliphatic rings. The number of rotatable bonds is 11. The molecule has 3 aromatic rings. The lowest BCUT2D eigenvalue weighted by Crippen LogP contribution is -2.36. The van der Waals surface area contributed by atoms with E-state index in [9.17, 15) is 13.2 Å². The van der Waals surface area contributed by atoms with Crippen LogP contribution in [0.25, 0.3) is 11.0 Å². The van der Waals surface area contributed by atoms with Crippen molar-refractivity contribution < 1.29 is 26.9 Å². The first-order valence-corrected chi connectivity index (χ1v) is 12.6. The molecule has 1 saturated heterocycles. The van der Waals surface area contributed by atoms with Crippen molar-refractivity contribution in [2.75, 3.05) is 32.1 Å². The molecule has 176 valence electrons. The Bertz CT molecular complexity index is 1170. The Morgan fingerprint density at radius 1 is 1.12 bits per heavy atom. The van der Waals surface area contributed by atoms with Gasteiger partial charge in [0.2, 0.25) is 5.94 Å². The van der Waals surface area contributed by atoms with E-state index in [0.717, 1.165) is 49.0 Å². The molecule has 0 radical (unpaired) electrons. The molecule has 0 bridgehead atoms. The molecule has 4 rings (SSSR count). The predicted molar refractivity (Wildman–Crippen MR) is 125 cm³/mol. The molecule has 0 spiro atoms. The Hall–Kier alpha value is -2.72. The lowest BCUT2D eigenvalue weighted by Gasteiger charge is -2.25. The van der Waals surface area contributed by atoms with Gasteiger partial charge in [-0.25, -0.2) is 0 Å². The third-order valence-corrected chi connectivity index (χ3v) is 6.08. The van der Waals surface area contributed by atoms with E-state index < -0.39 is 16.1 Å². The van der Waals surface area contributed by atoms with Crippen molar-refractivity contribution in [2.24, 2.45) is 0 Å². The Labute approximate surface area is 193 Å². The highest BCUT2D eigenvalue weighted by Gasteiger charge is 2.21. The SMILES string of the molecule is O=C(CN[C@H](CN1CCCC1)c1cccc(OCS(=O)(=O)O)c1)Cc1cc2ccccc2o1. The second-order valence-electron chi connectivity index (χ2n) is 8.32. The smallest absolute Gasteiger partial charge is 0.300 e. The normalized spacial score (nSPS) is 15.7. The highest BCUT2D eigenvalue weighted by Crippen LogP contribution is 2.23. The summed E-state index contributed by atoms with van der Waals surface area (Å²) < 4.78 is 41.9. The van der Waals surface area contributed by atoms with Gasteiger partial charge in [-0.05, 0) is 55.8 Å². The van der Waals surface area contributed by atoms with Crippen LogP contribution in [0.1, 0.15) is 30.2 Å². The third kappa shape index (κ3) is 6.88. The van der Waals surface area contributed by atoms with E-state index in [1.54, 1.807) is 18.2 Å². The van der Waals surface area contributed by atoms with Gasteiger partial charge in [-0.15, -0.1) is 0 Å². The van der Waals surface area contributed by atoms with Crippen LogP contribution in [-0.4, -0.2) is 55.8 Å². The molecule has 0 saturated carbocycles. The molecule has 1 atom stereocenters. The number of furan rings is 1. The van der Waals surface area contributed by atoms with E-state index in [-0.39, 0.29) is 24.8 Å². The van der Waals surface area contributed by atoms with Crippen molar-refractivity contribution in [3.8, 4) is 5.75 Å². The second kappa shape index (κ2) is 10.5. The van der Waals surface area contributed by atoms with Crippen molar-refractivity contribution in [3.63, 3.8) is 0 Å². The molecule has 2 heterocycles. The van der Waals surface area contributed by atoms with Gasteiger partial charge in [-0.1, -0.05) is 30.3 Å². The fraction of sp³-hybridized carbons (Fsp3) is 0.375. The minimum Gasteiger partial charge on any atom is -0.475 e. The summed E-state index contributed by atoms with van der Waals surface area (Å²) in [5.74, 6) is 0.183. The first-order chi connectivity index (χ1) is 15.9. The maximum atomic E-state index is 12.7. The van der Waals surface area contributed by atoms with Crippen LogP contribution in [0.2, 0.25) is 0 Å². The zero-order valence-electron chi connectivity index (χ0n) is 18.3. The predicted octanol–water partition coefficient (Wildman–Crippen LogP) is 3.20. The molecule has 0 aliphatic carbocycles. The molecule has 2 aromatic carbocycles. The number of fused-ring (bicyclic) bond motifs is 1. The van der Waals surface area contributed by atoms with Crippen molar-refractivity contribution in [1.82, 2.24) is 10.2 Å². The fourth-order valence-electron chi connectivity index (χ4n) is 4.09. The summed E-state index contributed by atoms with van der Waals surface area (Å²) in [6.45, 7) is 2.90. The lowest BCUT2D eigenvalue weighted by molar-refractivity contribution is -0.118. The molecule has 2 N–H and O–H groups in total. The number of hydrogen-bond acceptors (Lipinski definition) is 7. The number of carbonyl (C=O) groups is 1. The van der Waals surface area contributed by atoms with Crippen molar-refractivity contribution >= 4 is 26.9 Å². The number of ketones is 1. The topological polar surface area (TPSA) is 109 Å². The summed E-state index contributed by atoms with van der Waals surface area (Å²) in [6.07, 6.45) is 2.50. The number of nitrogens with one attached hydrogen (secondary N) is 1. The molecule has 1 fully saturated rings. The standard InChI is InChI=1S/C24H28N2O6S/c27-20(14-22-13-19-6-1-2-9-24(19)32-22)15-25-23(16-26-10-3-4-11-26)18-7-5-8-21(12-18)31-17-33(28,29)30/h1-2,5-9,12-13,23,25H,3-4,10-11,14-17H2,(H,28,29,30)/t23-/m1/s1. The molecule has 0 unspecified atom stereocenters. The Kier molecular flexibility index (Phi) is 7.44. The lowest BCUT2D eigenvalue weighted by atomic mass is 10.1. The van der Waals surface area contributed by atoms with Crippen LogP contribution in [0.4, 0.5) is 0 Å². The van der Waals surface area contributed by atoms with Gasteiger partial charge >= 0.3 is 10.1 Å². The van der Waals surface area contributed by atoms with Gasteiger partial charge in [-0.2, -0.15) is 8.42 Å².